The van der Waals surface area contributed by atoms with Gasteiger partial charge in [-0.05, 0) is 36.8 Å². The molecule has 30 heavy (non-hydrogen) atoms. The Bertz CT molecular complexity index is 1170. The second-order valence-electron chi connectivity index (χ2n) is 7.32. The molecular weight excluding hydrogens is 414 g/mol. The van der Waals surface area contributed by atoms with E-state index in [1.165, 1.54) is 4.88 Å². The minimum absolute atomic E-state index is 0.739. The van der Waals surface area contributed by atoms with Gasteiger partial charge >= 0.3 is 0 Å². The molecule has 4 aromatic rings. The minimum Gasteiger partial charge on any atom is -0.367 e. The molecule has 0 amide bonds. The number of para-hydroxylation sites is 1. The minimum atomic E-state index is 0.739. The topological polar surface area (TPSA) is 45.2 Å². The Balaban J connectivity index is 1.49. The zero-order valence-electron chi connectivity index (χ0n) is 16.8. The maximum absolute atomic E-state index is 6.42. The first-order valence-corrected chi connectivity index (χ1v) is 11.4. The molecule has 5 nitrogen and oxygen atoms in total. The first kappa shape index (κ1) is 19.3. The number of fused-ring (bicyclic) bond motifs is 1. The highest BCUT2D eigenvalue weighted by Crippen LogP contribution is 2.34. The molecule has 0 radical (unpaired) electrons. The Kier molecular flexibility index (Phi) is 5.27. The second-order valence-corrected chi connectivity index (χ2v) is 8.85. The zero-order valence-corrected chi connectivity index (χ0v) is 18.3. The number of hydrogen-bond donors (Lipinski definition) is 0. The predicted octanol–water partition coefficient (Wildman–Crippen LogP) is 5.30. The van der Waals surface area contributed by atoms with Gasteiger partial charge in [0, 0.05) is 49.0 Å². The normalized spacial score (nSPS) is 14.5. The van der Waals surface area contributed by atoms with Gasteiger partial charge in [0.25, 0.3) is 0 Å². The summed E-state index contributed by atoms with van der Waals surface area (Å²) in [4.78, 5) is 21.2. The van der Waals surface area contributed by atoms with Gasteiger partial charge in [-0.25, -0.2) is 9.97 Å². The number of anilines is 2. The number of halogens is 1. The molecule has 0 unspecified atom stereocenters. The summed E-state index contributed by atoms with van der Waals surface area (Å²) in [6.45, 7) is 5.77. The Morgan fingerprint density at radius 1 is 1.00 bits per heavy atom. The molecule has 1 fully saturated rings. The van der Waals surface area contributed by atoms with Crippen molar-refractivity contribution in [3.8, 4) is 11.4 Å². The molecule has 0 N–H and O–H groups in total. The van der Waals surface area contributed by atoms with E-state index in [1.54, 1.807) is 17.5 Å². The number of nitrogens with zero attached hydrogens (tertiary/aromatic N) is 5. The van der Waals surface area contributed by atoms with Gasteiger partial charge in [-0.15, -0.1) is 11.3 Å². The smallest absolute Gasteiger partial charge is 0.164 e. The summed E-state index contributed by atoms with van der Waals surface area (Å²) in [7, 11) is 0. The first-order valence-electron chi connectivity index (χ1n) is 10.2. The molecule has 1 aromatic carbocycles. The van der Waals surface area contributed by atoms with E-state index in [9.17, 15) is 0 Å². The van der Waals surface area contributed by atoms with E-state index >= 15 is 0 Å². The first-order chi connectivity index (χ1) is 14.7. The number of pyridine rings is 1. The largest absolute Gasteiger partial charge is 0.367 e. The summed E-state index contributed by atoms with van der Waals surface area (Å²) in [5.41, 5.74) is 2.05. The Labute approximate surface area is 185 Å². The van der Waals surface area contributed by atoms with Crippen molar-refractivity contribution in [2.45, 2.75) is 13.3 Å². The van der Waals surface area contributed by atoms with Crippen molar-refractivity contribution in [1.29, 1.82) is 0 Å². The van der Waals surface area contributed by atoms with Crippen molar-refractivity contribution < 1.29 is 0 Å². The fourth-order valence-corrected chi connectivity index (χ4v) is 5.08. The van der Waals surface area contributed by atoms with E-state index in [1.807, 2.05) is 36.5 Å². The molecule has 3 aromatic heterocycles. The standard InChI is InChI=1S/C23H22ClN5S/c1-2-17-14-18-22(26-21(27-23(18)30-17)16-6-5-9-25-15-16)29-12-10-28(11-13-29)20-8-4-3-7-19(20)24/h3-9,14-15H,2,10-13H2,1H3. The lowest BCUT2D eigenvalue weighted by molar-refractivity contribution is 0.649. The van der Waals surface area contributed by atoms with E-state index in [-0.39, 0.29) is 0 Å². The maximum atomic E-state index is 6.42. The molecule has 7 heteroatoms. The molecular formula is C23H22ClN5S. The number of benzene rings is 1. The number of rotatable bonds is 4. The quantitative estimate of drug-likeness (QED) is 0.435. The molecule has 4 heterocycles. The van der Waals surface area contributed by atoms with Crippen LogP contribution in [0.5, 0.6) is 0 Å². The summed E-state index contributed by atoms with van der Waals surface area (Å²) < 4.78 is 0. The van der Waals surface area contributed by atoms with E-state index in [2.05, 4.69) is 33.8 Å². The highest BCUT2D eigenvalue weighted by molar-refractivity contribution is 7.18. The van der Waals surface area contributed by atoms with Gasteiger partial charge in [0.05, 0.1) is 16.1 Å². The van der Waals surface area contributed by atoms with Crippen LogP contribution in [0.15, 0.2) is 54.9 Å². The van der Waals surface area contributed by atoms with Gasteiger partial charge in [-0.2, -0.15) is 0 Å². The Morgan fingerprint density at radius 2 is 1.80 bits per heavy atom. The van der Waals surface area contributed by atoms with Crippen LogP contribution in [0.25, 0.3) is 21.6 Å². The number of hydrogen-bond acceptors (Lipinski definition) is 6. The highest BCUT2D eigenvalue weighted by atomic mass is 35.5. The third-order valence-electron chi connectivity index (χ3n) is 5.46. The molecule has 0 spiro atoms. The summed E-state index contributed by atoms with van der Waals surface area (Å²) in [5.74, 6) is 1.76. The number of thiophene rings is 1. The monoisotopic (exact) mass is 435 g/mol. The Morgan fingerprint density at radius 3 is 2.53 bits per heavy atom. The molecule has 5 rings (SSSR count). The summed E-state index contributed by atoms with van der Waals surface area (Å²) in [6, 6.07) is 14.3. The molecule has 152 valence electrons. The predicted molar refractivity (Wildman–Crippen MR) is 126 cm³/mol. The summed E-state index contributed by atoms with van der Waals surface area (Å²) in [5, 5.41) is 1.95. The van der Waals surface area contributed by atoms with Crippen molar-refractivity contribution in [2.75, 3.05) is 36.0 Å². The van der Waals surface area contributed by atoms with Gasteiger partial charge in [0.2, 0.25) is 0 Å². The van der Waals surface area contributed by atoms with Crippen LogP contribution in [0.3, 0.4) is 0 Å². The Hall–Kier alpha value is -2.70. The van der Waals surface area contributed by atoms with Crippen LogP contribution in [0, 0.1) is 0 Å². The van der Waals surface area contributed by atoms with Crippen LogP contribution < -0.4 is 9.80 Å². The molecule has 0 saturated carbocycles. The summed E-state index contributed by atoms with van der Waals surface area (Å²) in [6.07, 6.45) is 4.61. The third kappa shape index (κ3) is 3.61. The van der Waals surface area contributed by atoms with Crippen LogP contribution in [-0.2, 0) is 6.42 Å². The van der Waals surface area contributed by atoms with E-state index in [4.69, 9.17) is 21.6 Å². The van der Waals surface area contributed by atoms with Gasteiger partial charge in [-0.3, -0.25) is 4.98 Å². The van der Waals surface area contributed by atoms with Gasteiger partial charge in [-0.1, -0.05) is 30.7 Å². The van der Waals surface area contributed by atoms with Gasteiger partial charge < -0.3 is 9.80 Å². The second kappa shape index (κ2) is 8.20. The van der Waals surface area contributed by atoms with Crippen LogP contribution in [0.4, 0.5) is 11.5 Å². The maximum Gasteiger partial charge on any atom is 0.164 e. The van der Waals surface area contributed by atoms with Crippen LogP contribution in [0.1, 0.15) is 11.8 Å². The van der Waals surface area contributed by atoms with Crippen LogP contribution in [0.2, 0.25) is 5.02 Å². The fraction of sp³-hybridized carbons (Fsp3) is 0.261. The molecule has 0 aliphatic carbocycles. The van der Waals surface area contributed by atoms with E-state index < -0.39 is 0 Å². The lowest BCUT2D eigenvalue weighted by Crippen LogP contribution is -2.47. The van der Waals surface area contributed by atoms with Crippen LogP contribution in [-0.4, -0.2) is 41.1 Å². The highest BCUT2D eigenvalue weighted by Gasteiger charge is 2.23. The third-order valence-corrected chi connectivity index (χ3v) is 6.96. The number of aromatic nitrogens is 3. The van der Waals surface area contributed by atoms with Crippen molar-refractivity contribution in [3.63, 3.8) is 0 Å². The van der Waals surface area contributed by atoms with E-state index in [0.29, 0.717) is 0 Å². The van der Waals surface area contributed by atoms with Gasteiger partial charge in [0.15, 0.2) is 5.82 Å². The van der Waals surface area contributed by atoms with Crippen molar-refractivity contribution in [2.24, 2.45) is 0 Å². The molecule has 1 aliphatic rings. The average Bonchev–Trinajstić information content (AvgIpc) is 3.23. The molecule has 1 aliphatic heterocycles. The van der Waals surface area contributed by atoms with E-state index in [0.717, 1.165) is 70.7 Å². The summed E-state index contributed by atoms with van der Waals surface area (Å²) >= 11 is 8.17. The molecule has 0 bridgehead atoms. The lowest BCUT2D eigenvalue weighted by Gasteiger charge is -2.37. The van der Waals surface area contributed by atoms with Crippen molar-refractivity contribution in [3.05, 3.63) is 64.8 Å². The SMILES string of the molecule is CCc1cc2c(N3CCN(c4ccccc4Cl)CC3)nc(-c3cccnc3)nc2s1. The van der Waals surface area contributed by atoms with Gasteiger partial charge in [0.1, 0.15) is 10.6 Å². The van der Waals surface area contributed by atoms with Crippen LogP contribution >= 0.6 is 22.9 Å². The zero-order chi connectivity index (χ0) is 20.5. The van der Waals surface area contributed by atoms with Crippen molar-refractivity contribution in [1.82, 2.24) is 15.0 Å². The fourth-order valence-electron chi connectivity index (χ4n) is 3.86. The lowest BCUT2D eigenvalue weighted by atomic mass is 10.2. The van der Waals surface area contributed by atoms with Crippen molar-refractivity contribution >= 4 is 44.7 Å². The molecule has 0 atom stereocenters. The average molecular weight is 436 g/mol. The number of aryl methyl sites for hydroxylation is 1. The number of piperazine rings is 1. The molecule has 1 saturated heterocycles.